The number of halogens is 1. The molecule has 0 spiro atoms. The van der Waals surface area contributed by atoms with Crippen LogP contribution in [0.5, 0.6) is 0 Å². The molecular formula is C17H26ClN3O3S2. The van der Waals surface area contributed by atoms with Crippen LogP contribution in [0.4, 0.5) is 0 Å². The van der Waals surface area contributed by atoms with Gasteiger partial charge in [0.25, 0.3) is 10.0 Å². The Morgan fingerprint density at radius 1 is 1.23 bits per heavy atom. The van der Waals surface area contributed by atoms with Crippen LogP contribution in [0.15, 0.2) is 16.3 Å². The molecule has 3 fully saturated rings. The van der Waals surface area contributed by atoms with Crippen LogP contribution in [0.25, 0.3) is 0 Å². The molecule has 4 atom stereocenters. The van der Waals surface area contributed by atoms with Crippen molar-refractivity contribution in [3.63, 3.8) is 0 Å². The number of carbonyl (C=O) groups is 1. The van der Waals surface area contributed by atoms with E-state index >= 15 is 0 Å². The van der Waals surface area contributed by atoms with Crippen LogP contribution in [-0.4, -0.2) is 55.2 Å². The van der Waals surface area contributed by atoms with Crippen LogP contribution in [0.1, 0.15) is 30.6 Å². The number of sulfonamides is 1. The molecule has 2 saturated heterocycles. The van der Waals surface area contributed by atoms with Gasteiger partial charge < -0.3 is 10.6 Å². The van der Waals surface area contributed by atoms with Crippen molar-refractivity contribution in [2.45, 2.75) is 48.9 Å². The lowest BCUT2D eigenvalue weighted by atomic mass is 9.98. The van der Waals surface area contributed by atoms with Crippen molar-refractivity contribution in [3.05, 3.63) is 17.0 Å². The number of aryl methyl sites for hydroxylation is 1. The monoisotopic (exact) mass is 419 g/mol. The molecule has 9 heteroatoms. The van der Waals surface area contributed by atoms with Gasteiger partial charge in [0.15, 0.2) is 0 Å². The average molecular weight is 420 g/mol. The first-order valence-corrected chi connectivity index (χ1v) is 11.3. The molecule has 1 aliphatic carbocycles. The second kappa shape index (κ2) is 7.39. The number of nitrogens with two attached hydrogens (primary N) is 1. The highest BCUT2D eigenvalue weighted by Gasteiger charge is 2.47. The molecule has 26 heavy (non-hydrogen) atoms. The van der Waals surface area contributed by atoms with Gasteiger partial charge in [0.05, 0.1) is 0 Å². The van der Waals surface area contributed by atoms with Crippen molar-refractivity contribution in [3.8, 4) is 0 Å². The molecule has 1 aromatic rings. The first-order valence-electron chi connectivity index (χ1n) is 9.00. The molecule has 146 valence electrons. The third-order valence-electron chi connectivity index (χ3n) is 5.99. The molecule has 4 unspecified atom stereocenters. The normalized spacial score (nSPS) is 31.8. The van der Waals surface area contributed by atoms with Crippen molar-refractivity contribution >= 4 is 39.7 Å². The van der Waals surface area contributed by atoms with Crippen molar-refractivity contribution < 1.29 is 13.2 Å². The fraction of sp³-hybridized carbons (Fsp3) is 0.706. The lowest BCUT2D eigenvalue weighted by Crippen LogP contribution is -2.47. The van der Waals surface area contributed by atoms with Crippen molar-refractivity contribution in [2.75, 3.05) is 19.6 Å². The topological polar surface area (TPSA) is 83.7 Å². The summed E-state index contributed by atoms with van der Waals surface area (Å²) in [5, 5.41) is 0. The van der Waals surface area contributed by atoms with Crippen LogP contribution < -0.4 is 5.73 Å². The Bertz CT molecular complexity index is 782. The van der Waals surface area contributed by atoms with Crippen molar-refractivity contribution in [1.82, 2.24) is 9.21 Å². The Kier molecular flexibility index (Phi) is 5.71. The first-order chi connectivity index (χ1) is 11.9. The second-order valence-corrected chi connectivity index (χ2v) is 11.0. The molecule has 0 bridgehead atoms. The maximum absolute atomic E-state index is 13.1. The fourth-order valence-electron chi connectivity index (χ4n) is 4.64. The molecule has 3 aliphatic rings. The van der Waals surface area contributed by atoms with Gasteiger partial charge in [-0.25, -0.2) is 8.42 Å². The van der Waals surface area contributed by atoms with E-state index < -0.39 is 16.1 Å². The van der Waals surface area contributed by atoms with Crippen molar-refractivity contribution in [1.29, 1.82) is 0 Å². The maximum Gasteiger partial charge on any atom is 0.253 e. The summed E-state index contributed by atoms with van der Waals surface area (Å²) in [5.41, 5.74) is 6.17. The molecule has 0 aromatic carbocycles. The summed E-state index contributed by atoms with van der Waals surface area (Å²) in [4.78, 5) is 15.9. The molecule has 1 amide bonds. The zero-order valence-corrected chi connectivity index (χ0v) is 17.3. The lowest BCUT2D eigenvalue weighted by molar-refractivity contribution is -0.133. The molecule has 1 aromatic heterocycles. The van der Waals surface area contributed by atoms with E-state index in [-0.39, 0.29) is 24.4 Å². The highest BCUT2D eigenvalue weighted by molar-refractivity contribution is 7.91. The standard InChI is InChI=1S/C17H25N3O3S2.ClH/c1-11-4-7-16(24-11)25(22,23)20-8-2-3-15(20)17(21)19-9-12-5-6-14(18)13(12)10-19;/h4,7,12-15H,2-3,5-6,8-10,18H2,1H3;1H. The van der Waals surface area contributed by atoms with Gasteiger partial charge in [0.1, 0.15) is 10.3 Å². The molecule has 0 radical (unpaired) electrons. The number of nitrogens with zero attached hydrogens (tertiary/aromatic N) is 2. The lowest BCUT2D eigenvalue weighted by Gasteiger charge is -2.27. The summed E-state index contributed by atoms with van der Waals surface area (Å²) in [7, 11) is -3.59. The van der Waals surface area contributed by atoms with E-state index in [2.05, 4.69) is 0 Å². The average Bonchev–Trinajstić information content (AvgIpc) is 3.31. The van der Waals surface area contributed by atoms with E-state index in [1.165, 1.54) is 15.6 Å². The van der Waals surface area contributed by atoms with Gasteiger partial charge in [-0.05, 0) is 56.6 Å². The maximum atomic E-state index is 13.1. The zero-order chi connectivity index (χ0) is 17.8. The van der Waals surface area contributed by atoms with Crippen LogP contribution in [0.2, 0.25) is 0 Å². The summed E-state index contributed by atoms with van der Waals surface area (Å²) < 4.78 is 27.7. The zero-order valence-electron chi connectivity index (χ0n) is 14.8. The van der Waals surface area contributed by atoms with E-state index in [0.717, 1.165) is 30.7 Å². The predicted octanol–water partition coefficient (Wildman–Crippen LogP) is 1.83. The molecule has 2 N–H and O–H groups in total. The van der Waals surface area contributed by atoms with Gasteiger partial charge >= 0.3 is 0 Å². The minimum atomic E-state index is -3.59. The molecule has 1 saturated carbocycles. The molecular weight excluding hydrogens is 394 g/mol. The van der Waals surface area contributed by atoms with Gasteiger partial charge in [-0.1, -0.05) is 0 Å². The van der Waals surface area contributed by atoms with Crippen LogP contribution in [0.3, 0.4) is 0 Å². The van der Waals surface area contributed by atoms with Crippen molar-refractivity contribution in [2.24, 2.45) is 17.6 Å². The van der Waals surface area contributed by atoms with Gasteiger partial charge in [-0.3, -0.25) is 4.79 Å². The second-order valence-electron chi connectivity index (χ2n) is 7.55. The summed E-state index contributed by atoms with van der Waals surface area (Å²) in [5.74, 6) is 0.844. The highest BCUT2D eigenvalue weighted by Crippen LogP contribution is 2.38. The van der Waals surface area contributed by atoms with Crippen LogP contribution in [-0.2, 0) is 14.8 Å². The van der Waals surface area contributed by atoms with E-state index in [0.29, 0.717) is 35.6 Å². The van der Waals surface area contributed by atoms with Crippen LogP contribution in [0, 0.1) is 18.8 Å². The van der Waals surface area contributed by atoms with Gasteiger partial charge in [0.2, 0.25) is 5.91 Å². The number of likely N-dealkylation sites (tertiary alicyclic amines) is 1. The summed E-state index contributed by atoms with van der Waals surface area (Å²) in [6.45, 7) is 3.74. The van der Waals surface area contributed by atoms with Gasteiger partial charge in [-0.15, -0.1) is 23.7 Å². The smallest absolute Gasteiger partial charge is 0.253 e. The molecule has 2 aliphatic heterocycles. The summed E-state index contributed by atoms with van der Waals surface area (Å²) >= 11 is 1.27. The third kappa shape index (κ3) is 3.30. The number of rotatable bonds is 3. The van der Waals surface area contributed by atoms with E-state index in [1.54, 1.807) is 6.07 Å². The van der Waals surface area contributed by atoms with Gasteiger partial charge in [0, 0.05) is 30.6 Å². The fourth-order valence-corrected chi connectivity index (χ4v) is 7.70. The third-order valence-corrected chi connectivity index (χ3v) is 9.37. The summed E-state index contributed by atoms with van der Waals surface area (Å²) in [6.07, 6.45) is 3.47. The van der Waals surface area contributed by atoms with Crippen LogP contribution >= 0.6 is 23.7 Å². The first kappa shape index (κ1) is 20.1. The Labute approximate surface area is 165 Å². The number of hydrogen-bond donors (Lipinski definition) is 1. The Morgan fingerprint density at radius 2 is 2.00 bits per heavy atom. The van der Waals surface area contributed by atoms with E-state index in [9.17, 15) is 13.2 Å². The highest BCUT2D eigenvalue weighted by atomic mass is 35.5. The molecule has 6 nitrogen and oxygen atoms in total. The Hall–Kier alpha value is -0.670. The molecule has 3 heterocycles. The number of fused-ring (bicyclic) bond motifs is 1. The molecule has 4 rings (SSSR count). The number of thiophene rings is 1. The number of hydrogen-bond acceptors (Lipinski definition) is 5. The quantitative estimate of drug-likeness (QED) is 0.809. The number of amides is 1. The number of carbonyl (C=O) groups excluding carboxylic acids is 1. The predicted molar refractivity (Wildman–Crippen MR) is 104 cm³/mol. The largest absolute Gasteiger partial charge is 0.341 e. The Morgan fingerprint density at radius 3 is 2.65 bits per heavy atom. The summed E-state index contributed by atoms with van der Waals surface area (Å²) in [6, 6.07) is 3.09. The minimum absolute atomic E-state index is 0. The SMILES string of the molecule is Cc1ccc(S(=O)(=O)N2CCCC2C(=O)N2CC3CCC(N)C3C2)s1.Cl. The Balaban J connectivity index is 0.00000196. The van der Waals surface area contributed by atoms with E-state index in [4.69, 9.17) is 5.73 Å². The minimum Gasteiger partial charge on any atom is -0.341 e. The van der Waals surface area contributed by atoms with Gasteiger partial charge in [-0.2, -0.15) is 4.31 Å². The van der Waals surface area contributed by atoms with E-state index in [1.807, 2.05) is 17.9 Å².